The van der Waals surface area contributed by atoms with Gasteiger partial charge in [0, 0.05) is 31.4 Å². The summed E-state index contributed by atoms with van der Waals surface area (Å²) < 4.78 is 0. The quantitative estimate of drug-likeness (QED) is 0.779. The summed E-state index contributed by atoms with van der Waals surface area (Å²) in [6.07, 6.45) is 3.84. The van der Waals surface area contributed by atoms with Crippen LogP contribution in [0, 0.1) is 11.3 Å². The summed E-state index contributed by atoms with van der Waals surface area (Å²) in [6, 6.07) is 8.63. The maximum atomic E-state index is 8.94. The van der Waals surface area contributed by atoms with Crippen LogP contribution in [0.2, 0.25) is 0 Å². The van der Waals surface area contributed by atoms with Crippen LogP contribution in [0.1, 0.15) is 24.8 Å². The van der Waals surface area contributed by atoms with Gasteiger partial charge >= 0.3 is 0 Å². The molecule has 2 fully saturated rings. The summed E-state index contributed by atoms with van der Waals surface area (Å²) in [5, 5.41) is 8.94. The second kappa shape index (κ2) is 5.10. The molecule has 1 aromatic rings. The molecule has 1 atom stereocenters. The summed E-state index contributed by atoms with van der Waals surface area (Å²) >= 11 is 0. The van der Waals surface area contributed by atoms with Crippen LogP contribution in [0.3, 0.4) is 0 Å². The highest BCUT2D eigenvalue weighted by atomic mass is 15.3. The zero-order valence-corrected chi connectivity index (χ0v) is 11.2. The van der Waals surface area contributed by atoms with E-state index in [0.717, 1.165) is 18.8 Å². The van der Waals surface area contributed by atoms with E-state index in [9.17, 15) is 0 Å². The summed E-state index contributed by atoms with van der Waals surface area (Å²) in [5.41, 5.74) is 8.24. The number of rotatable bonds is 1. The van der Waals surface area contributed by atoms with Crippen LogP contribution in [-0.2, 0) is 0 Å². The molecule has 3 rings (SSSR count). The number of benzene rings is 1. The Morgan fingerprint density at radius 1 is 1.21 bits per heavy atom. The van der Waals surface area contributed by atoms with Gasteiger partial charge < -0.3 is 10.6 Å². The van der Waals surface area contributed by atoms with Crippen molar-refractivity contribution in [2.75, 3.05) is 36.8 Å². The molecule has 2 aliphatic heterocycles. The highest BCUT2D eigenvalue weighted by Gasteiger charge is 2.28. The van der Waals surface area contributed by atoms with Gasteiger partial charge in [-0.3, -0.25) is 4.90 Å². The van der Waals surface area contributed by atoms with Gasteiger partial charge in [-0.1, -0.05) is 0 Å². The maximum absolute atomic E-state index is 8.94. The lowest BCUT2D eigenvalue weighted by atomic mass is 10.1. The number of anilines is 2. The Morgan fingerprint density at radius 2 is 2.05 bits per heavy atom. The number of hydrogen-bond donors (Lipinski definition) is 1. The standard InChI is InChI=1S/C15H20N4/c16-10-12-4-5-13(9-15(12)17)19-8-2-7-18-6-1-3-14(18)11-19/h4-5,9,14H,1-3,6-8,11,17H2. The lowest BCUT2D eigenvalue weighted by Gasteiger charge is -2.27. The Labute approximate surface area is 114 Å². The molecule has 2 aliphatic rings. The van der Waals surface area contributed by atoms with Crippen molar-refractivity contribution in [1.29, 1.82) is 5.26 Å². The van der Waals surface area contributed by atoms with E-state index in [1.54, 1.807) is 0 Å². The van der Waals surface area contributed by atoms with E-state index < -0.39 is 0 Å². The first-order valence-corrected chi connectivity index (χ1v) is 7.06. The fourth-order valence-electron chi connectivity index (χ4n) is 3.29. The van der Waals surface area contributed by atoms with Crippen LogP contribution in [-0.4, -0.2) is 37.1 Å². The van der Waals surface area contributed by atoms with Crippen molar-refractivity contribution >= 4 is 11.4 Å². The van der Waals surface area contributed by atoms with Crippen LogP contribution in [0.25, 0.3) is 0 Å². The third kappa shape index (κ3) is 2.39. The molecule has 1 aromatic carbocycles. The van der Waals surface area contributed by atoms with Gasteiger partial charge in [0.05, 0.1) is 11.3 Å². The van der Waals surface area contributed by atoms with Gasteiger partial charge in [-0.05, 0) is 44.0 Å². The Kier molecular flexibility index (Phi) is 3.31. The number of hydrogen-bond acceptors (Lipinski definition) is 4. The number of fused-ring (bicyclic) bond motifs is 1. The number of nitrogens with two attached hydrogens (primary N) is 1. The molecule has 0 bridgehead atoms. The molecule has 1 unspecified atom stereocenters. The molecule has 2 N–H and O–H groups in total. The Morgan fingerprint density at radius 3 is 2.84 bits per heavy atom. The van der Waals surface area contributed by atoms with Crippen LogP contribution in [0.5, 0.6) is 0 Å². The molecule has 0 aliphatic carbocycles. The minimum absolute atomic E-state index is 0.570. The molecule has 0 amide bonds. The monoisotopic (exact) mass is 256 g/mol. The van der Waals surface area contributed by atoms with Crippen molar-refractivity contribution in [2.24, 2.45) is 0 Å². The van der Waals surface area contributed by atoms with Crippen molar-refractivity contribution in [3.63, 3.8) is 0 Å². The average molecular weight is 256 g/mol. The highest BCUT2D eigenvalue weighted by Crippen LogP contribution is 2.27. The number of nitrogens with zero attached hydrogens (tertiary/aromatic N) is 3. The second-order valence-corrected chi connectivity index (χ2v) is 5.51. The van der Waals surface area contributed by atoms with E-state index in [2.05, 4.69) is 15.9 Å². The van der Waals surface area contributed by atoms with E-state index >= 15 is 0 Å². The molecule has 0 spiro atoms. The van der Waals surface area contributed by atoms with Gasteiger partial charge in [0.1, 0.15) is 6.07 Å². The van der Waals surface area contributed by atoms with E-state index in [-0.39, 0.29) is 0 Å². The molecule has 19 heavy (non-hydrogen) atoms. The molecular formula is C15H20N4. The van der Waals surface area contributed by atoms with Crippen molar-refractivity contribution in [1.82, 2.24) is 4.90 Å². The van der Waals surface area contributed by atoms with Crippen molar-refractivity contribution < 1.29 is 0 Å². The summed E-state index contributed by atoms with van der Waals surface area (Å²) in [5.74, 6) is 0. The fourth-order valence-corrected chi connectivity index (χ4v) is 3.29. The van der Waals surface area contributed by atoms with Crippen molar-refractivity contribution in [3.05, 3.63) is 23.8 Å². The Bertz CT molecular complexity index is 505. The summed E-state index contributed by atoms with van der Waals surface area (Å²) in [6.45, 7) is 4.64. The van der Waals surface area contributed by atoms with E-state index in [1.165, 1.54) is 32.4 Å². The maximum Gasteiger partial charge on any atom is 0.101 e. The number of nitriles is 1. The Balaban J connectivity index is 1.81. The first-order chi connectivity index (χ1) is 9.28. The lowest BCUT2D eigenvalue weighted by Crippen LogP contribution is -2.36. The summed E-state index contributed by atoms with van der Waals surface area (Å²) in [7, 11) is 0. The minimum Gasteiger partial charge on any atom is -0.398 e. The number of nitrogen functional groups attached to an aromatic ring is 1. The molecule has 4 nitrogen and oxygen atoms in total. The van der Waals surface area contributed by atoms with Gasteiger partial charge in [0.25, 0.3) is 0 Å². The first kappa shape index (κ1) is 12.3. The fraction of sp³-hybridized carbons (Fsp3) is 0.533. The second-order valence-electron chi connectivity index (χ2n) is 5.51. The van der Waals surface area contributed by atoms with Crippen LogP contribution < -0.4 is 10.6 Å². The average Bonchev–Trinajstić information content (AvgIpc) is 2.76. The van der Waals surface area contributed by atoms with Gasteiger partial charge in [-0.15, -0.1) is 0 Å². The molecule has 0 saturated carbocycles. The normalized spacial score (nSPS) is 23.7. The smallest absolute Gasteiger partial charge is 0.101 e. The molecule has 2 heterocycles. The zero-order chi connectivity index (χ0) is 13.2. The van der Waals surface area contributed by atoms with Crippen molar-refractivity contribution in [2.45, 2.75) is 25.3 Å². The van der Waals surface area contributed by atoms with Crippen molar-refractivity contribution in [3.8, 4) is 6.07 Å². The third-order valence-electron chi connectivity index (χ3n) is 4.32. The predicted molar refractivity (Wildman–Crippen MR) is 77.0 cm³/mol. The molecule has 0 aromatic heterocycles. The predicted octanol–water partition coefficient (Wildman–Crippen LogP) is 1.81. The molecule has 0 radical (unpaired) electrons. The molecule has 4 heteroatoms. The summed E-state index contributed by atoms with van der Waals surface area (Å²) in [4.78, 5) is 5.04. The highest BCUT2D eigenvalue weighted by molar-refractivity contribution is 5.63. The topological polar surface area (TPSA) is 56.3 Å². The largest absolute Gasteiger partial charge is 0.398 e. The SMILES string of the molecule is N#Cc1ccc(N2CCCN3CCCC3C2)cc1N. The molecule has 100 valence electrons. The van der Waals surface area contributed by atoms with Gasteiger partial charge in [-0.25, -0.2) is 0 Å². The lowest BCUT2D eigenvalue weighted by molar-refractivity contribution is 0.273. The third-order valence-corrected chi connectivity index (χ3v) is 4.32. The van der Waals surface area contributed by atoms with Crippen LogP contribution in [0.15, 0.2) is 18.2 Å². The minimum atomic E-state index is 0.570. The van der Waals surface area contributed by atoms with Gasteiger partial charge in [-0.2, -0.15) is 5.26 Å². The van der Waals surface area contributed by atoms with Gasteiger partial charge in [0.2, 0.25) is 0 Å². The van der Waals surface area contributed by atoms with Gasteiger partial charge in [0.15, 0.2) is 0 Å². The van der Waals surface area contributed by atoms with E-state index in [4.69, 9.17) is 11.0 Å². The van der Waals surface area contributed by atoms with Crippen LogP contribution in [0.4, 0.5) is 11.4 Å². The Hall–Kier alpha value is -1.73. The molecular weight excluding hydrogens is 236 g/mol. The van der Waals surface area contributed by atoms with E-state index in [0.29, 0.717) is 17.3 Å². The van der Waals surface area contributed by atoms with Crippen LogP contribution >= 0.6 is 0 Å². The first-order valence-electron chi connectivity index (χ1n) is 7.06. The zero-order valence-electron chi connectivity index (χ0n) is 11.2. The molecule has 2 saturated heterocycles. The van der Waals surface area contributed by atoms with E-state index in [1.807, 2.05) is 18.2 Å².